The molecule has 0 aromatic heterocycles. The first-order chi connectivity index (χ1) is 15.9. The summed E-state index contributed by atoms with van der Waals surface area (Å²) in [6.45, 7) is 0.169. The van der Waals surface area contributed by atoms with Gasteiger partial charge >= 0.3 is 0 Å². The van der Waals surface area contributed by atoms with E-state index in [-0.39, 0.29) is 22.9 Å². The average molecular weight is 521 g/mol. The smallest absolute Gasteiger partial charge is 0.264 e. The maximum absolute atomic E-state index is 13.7. The van der Waals surface area contributed by atoms with Crippen molar-refractivity contribution in [3.63, 3.8) is 0 Å². The topological polar surface area (TPSA) is 66.5 Å². The average Bonchev–Trinajstić information content (AvgIpc) is 2.85. The first-order valence-electron chi connectivity index (χ1n) is 10.2. The predicted molar refractivity (Wildman–Crippen MR) is 135 cm³/mol. The number of amides is 1. The molecular formula is C26H21BrN2O3S. The molecule has 0 saturated heterocycles. The van der Waals surface area contributed by atoms with Crippen molar-refractivity contribution < 1.29 is 13.2 Å². The Kier molecular flexibility index (Phi) is 6.91. The van der Waals surface area contributed by atoms with Crippen molar-refractivity contribution in [2.24, 2.45) is 0 Å². The van der Waals surface area contributed by atoms with Gasteiger partial charge in [0.05, 0.1) is 17.1 Å². The molecule has 0 spiro atoms. The monoisotopic (exact) mass is 520 g/mol. The molecule has 0 heterocycles. The van der Waals surface area contributed by atoms with Gasteiger partial charge < -0.3 is 5.32 Å². The summed E-state index contributed by atoms with van der Waals surface area (Å²) in [5.41, 5.74) is 2.28. The molecule has 4 aromatic rings. The van der Waals surface area contributed by atoms with E-state index in [1.165, 1.54) is 16.4 Å². The van der Waals surface area contributed by atoms with E-state index in [0.717, 1.165) is 10.0 Å². The summed E-state index contributed by atoms with van der Waals surface area (Å²) in [4.78, 5) is 12.8. The van der Waals surface area contributed by atoms with E-state index in [2.05, 4.69) is 21.2 Å². The number of anilines is 2. The van der Waals surface area contributed by atoms with Gasteiger partial charge in [0.2, 0.25) is 0 Å². The number of nitrogens with one attached hydrogen (secondary N) is 1. The van der Waals surface area contributed by atoms with Gasteiger partial charge in [0.15, 0.2) is 0 Å². The molecule has 5 nitrogen and oxygen atoms in total. The zero-order valence-electron chi connectivity index (χ0n) is 17.6. The van der Waals surface area contributed by atoms with Crippen LogP contribution in [-0.2, 0) is 16.6 Å². The van der Waals surface area contributed by atoms with Gasteiger partial charge in [-0.25, -0.2) is 8.42 Å². The summed E-state index contributed by atoms with van der Waals surface area (Å²) < 4.78 is 29.6. The number of carbonyl (C=O) groups excluding carboxylic acids is 1. The molecule has 1 N–H and O–H groups in total. The van der Waals surface area contributed by atoms with E-state index >= 15 is 0 Å². The Morgan fingerprint density at radius 1 is 0.788 bits per heavy atom. The van der Waals surface area contributed by atoms with E-state index in [1.807, 2.05) is 48.5 Å². The van der Waals surface area contributed by atoms with E-state index in [1.54, 1.807) is 48.5 Å². The van der Waals surface area contributed by atoms with Crippen molar-refractivity contribution in [1.82, 2.24) is 0 Å². The standard InChI is InChI=1S/C26H21BrN2O3S/c27-22-14-16-23(17-15-22)28-26(30)21-10-7-13-25(18-21)33(31,32)29(24-11-5-2-6-12-24)19-20-8-3-1-4-9-20/h1-18H,19H2,(H,28,30). The summed E-state index contributed by atoms with van der Waals surface area (Å²) in [5, 5.41) is 2.80. The van der Waals surface area contributed by atoms with Crippen molar-refractivity contribution in [2.75, 3.05) is 9.62 Å². The fourth-order valence-electron chi connectivity index (χ4n) is 3.32. The van der Waals surface area contributed by atoms with Crippen LogP contribution >= 0.6 is 15.9 Å². The maximum Gasteiger partial charge on any atom is 0.264 e. The summed E-state index contributed by atoms with van der Waals surface area (Å²) in [6.07, 6.45) is 0. The van der Waals surface area contributed by atoms with Crippen LogP contribution in [-0.4, -0.2) is 14.3 Å². The Balaban J connectivity index is 1.66. The fourth-order valence-corrected chi connectivity index (χ4v) is 5.08. The second-order valence-electron chi connectivity index (χ2n) is 7.32. The molecule has 0 atom stereocenters. The van der Waals surface area contributed by atoms with E-state index in [9.17, 15) is 13.2 Å². The number of nitrogens with zero attached hydrogens (tertiary/aromatic N) is 1. The molecule has 0 unspecified atom stereocenters. The summed E-state index contributed by atoms with van der Waals surface area (Å²) in [7, 11) is -3.94. The molecule has 0 radical (unpaired) electrons. The zero-order valence-corrected chi connectivity index (χ0v) is 20.0. The van der Waals surface area contributed by atoms with Crippen LogP contribution in [0.25, 0.3) is 0 Å². The lowest BCUT2D eigenvalue weighted by atomic mass is 10.2. The van der Waals surface area contributed by atoms with Crippen LogP contribution in [0.3, 0.4) is 0 Å². The normalized spacial score (nSPS) is 11.1. The summed E-state index contributed by atoms with van der Waals surface area (Å²) in [6, 6.07) is 31.6. The minimum Gasteiger partial charge on any atom is -0.322 e. The molecule has 4 aromatic carbocycles. The van der Waals surface area contributed by atoms with Gasteiger partial charge in [0, 0.05) is 15.7 Å². The quantitative estimate of drug-likeness (QED) is 0.320. The molecule has 7 heteroatoms. The number of carbonyl (C=O) groups is 1. The number of benzene rings is 4. The van der Waals surface area contributed by atoms with Crippen LogP contribution in [0.15, 0.2) is 119 Å². The van der Waals surface area contributed by atoms with Crippen LogP contribution in [0.1, 0.15) is 15.9 Å². The zero-order chi connectivity index (χ0) is 23.3. The van der Waals surface area contributed by atoms with Crippen molar-refractivity contribution in [1.29, 1.82) is 0 Å². The minimum atomic E-state index is -3.94. The van der Waals surface area contributed by atoms with Gasteiger partial charge in [0.25, 0.3) is 15.9 Å². The number of hydrogen-bond donors (Lipinski definition) is 1. The molecular weight excluding hydrogens is 500 g/mol. The first-order valence-corrected chi connectivity index (χ1v) is 12.5. The first kappa shape index (κ1) is 22.8. The molecule has 0 aliphatic carbocycles. The number of halogens is 1. The maximum atomic E-state index is 13.7. The summed E-state index contributed by atoms with van der Waals surface area (Å²) >= 11 is 3.36. The fraction of sp³-hybridized carbons (Fsp3) is 0.0385. The third-order valence-electron chi connectivity index (χ3n) is 5.00. The Morgan fingerprint density at radius 2 is 1.42 bits per heavy atom. The lowest BCUT2D eigenvalue weighted by Gasteiger charge is -2.25. The van der Waals surface area contributed by atoms with Crippen LogP contribution in [0.5, 0.6) is 0 Å². The molecule has 0 saturated carbocycles. The number of hydrogen-bond acceptors (Lipinski definition) is 3. The van der Waals surface area contributed by atoms with Crippen LogP contribution < -0.4 is 9.62 Å². The molecule has 4 rings (SSSR count). The van der Waals surface area contributed by atoms with Gasteiger partial charge in [-0.1, -0.05) is 70.5 Å². The SMILES string of the molecule is O=C(Nc1ccc(Br)cc1)c1cccc(S(=O)(=O)N(Cc2ccccc2)c2ccccc2)c1. The van der Waals surface area contributed by atoms with E-state index < -0.39 is 10.0 Å². The second-order valence-corrected chi connectivity index (χ2v) is 10.1. The Labute approximate surface area is 201 Å². The molecule has 0 bridgehead atoms. The lowest BCUT2D eigenvalue weighted by Crippen LogP contribution is -2.30. The minimum absolute atomic E-state index is 0.0470. The van der Waals surface area contributed by atoms with Crippen LogP contribution in [0.2, 0.25) is 0 Å². The molecule has 0 aliphatic heterocycles. The van der Waals surface area contributed by atoms with Crippen molar-refractivity contribution in [3.05, 3.63) is 125 Å². The largest absolute Gasteiger partial charge is 0.322 e. The highest BCUT2D eigenvalue weighted by molar-refractivity contribution is 9.10. The Bertz CT molecular complexity index is 1340. The van der Waals surface area contributed by atoms with Crippen molar-refractivity contribution in [2.45, 2.75) is 11.4 Å². The molecule has 1 amide bonds. The Hall–Kier alpha value is -3.42. The predicted octanol–water partition coefficient (Wildman–Crippen LogP) is 6.10. The Morgan fingerprint density at radius 3 is 2.09 bits per heavy atom. The lowest BCUT2D eigenvalue weighted by molar-refractivity contribution is 0.102. The van der Waals surface area contributed by atoms with E-state index in [0.29, 0.717) is 11.4 Å². The van der Waals surface area contributed by atoms with Gasteiger partial charge in [-0.15, -0.1) is 0 Å². The summed E-state index contributed by atoms with van der Waals surface area (Å²) in [5.74, 6) is -0.385. The van der Waals surface area contributed by atoms with Gasteiger partial charge in [-0.2, -0.15) is 0 Å². The van der Waals surface area contributed by atoms with Gasteiger partial charge in [-0.3, -0.25) is 9.10 Å². The highest BCUT2D eigenvalue weighted by Gasteiger charge is 2.26. The number of para-hydroxylation sites is 1. The number of sulfonamides is 1. The molecule has 0 aliphatic rings. The van der Waals surface area contributed by atoms with E-state index in [4.69, 9.17) is 0 Å². The van der Waals surface area contributed by atoms with Crippen LogP contribution in [0.4, 0.5) is 11.4 Å². The highest BCUT2D eigenvalue weighted by atomic mass is 79.9. The highest BCUT2D eigenvalue weighted by Crippen LogP contribution is 2.26. The van der Waals surface area contributed by atoms with Crippen molar-refractivity contribution in [3.8, 4) is 0 Å². The third kappa shape index (κ3) is 5.50. The second kappa shape index (κ2) is 10.0. The van der Waals surface area contributed by atoms with Crippen LogP contribution in [0, 0.1) is 0 Å². The molecule has 33 heavy (non-hydrogen) atoms. The number of rotatable bonds is 7. The van der Waals surface area contributed by atoms with Gasteiger partial charge in [-0.05, 0) is 60.2 Å². The van der Waals surface area contributed by atoms with Crippen molar-refractivity contribution >= 4 is 43.2 Å². The third-order valence-corrected chi connectivity index (χ3v) is 7.30. The van der Waals surface area contributed by atoms with Gasteiger partial charge in [0.1, 0.15) is 0 Å². The molecule has 0 fully saturated rings. The molecule has 166 valence electrons.